The first-order valence-corrected chi connectivity index (χ1v) is 12.0. The van der Waals surface area contributed by atoms with E-state index >= 15 is 0 Å². The summed E-state index contributed by atoms with van der Waals surface area (Å²) in [5.41, 5.74) is 1.22. The lowest BCUT2D eigenvalue weighted by Crippen LogP contribution is -2.50. The van der Waals surface area contributed by atoms with Gasteiger partial charge in [-0.1, -0.05) is 11.6 Å². The van der Waals surface area contributed by atoms with Gasteiger partial charge in [-0.3, -0.25) is 19.2 Å². The lowest BCUT2D eigenvalue weighted by molar-refractivity contribution is -0.128. The third-order valence-electron chi connectivity index (χ3n) is 5.96. The van der Waals surface area contributed by atoms with Crippen LogP contribution in [-0.4, -0.2) is 60.2 Å². The van der Waals surface area contributed by atoms with Crippen molar-refractivity contribution < 1.29 is 19.2 Å². The topological polar surface area (TPSA) is 98.8 Å². The number of halogens is 1. The van der Waals surface area contributed by atoms with Gasteiger partial charge in [0, 0.05) is 44.2 Å². The molecule has 174 valence electrons. The van der Waals surface area contributed by atoms with Crippen molar-refractivity contribution in [2.24, 2.45) is 0 Å². The second kappa shape index (κ2) is 9.93. The first-order chi connectivity index (χ1) is 15.8. The van der Waals surface area contributed by atoms with Crippen LogP contribution in [0.1, 0.15) is 46.2 Å². The molecule has 10 heteroatoms. The van der Waals surface area contributed by atoms with Gasteiger partial charge in [-0.15, -0.1) is 11.3 Å². The van der Waals surface area contributed by atoms with Gasteiger partial charge in [0.1, 0.15) is 0 Å². The van der Waals surface area contributed by atoms with E-state index in [1.807, 2.05) is 0 Å². The number of likely N-dealkylation sites (tertiary alicyclic amines) is 1. The molecule has 0 unspecified atom stereocenters. The Morgan fingerprint density at radius 2 is 1.64 bits per heavy atom. The summed E-state index contributed by atoms with van der Waals surface area (Å²) in [6, 6.07) is 9.33. The van der Waals surface area contributed by atoms with Crippen molar-refractivity contribution in [3.05, 3.63) is 51.2 Å². The van der Waals surface area contributed by atoms with Crippen molar-refractivity contribution in [1.82, 2.24) is 15.5 Å². The molecule has 2 N–H and O–H groups in total. The van der Waals surface area contributed by atoms with Crippen LogP contribution in [0.3, 0.4) is 0 Å². The molecule has 8 nitrogen and oxygen atoms in total. The predicted octanol–water partition coefficient (Wildman–Crippen LogP) is 2.68. The van der Waals surface area contributed by atoms with Gasteiger partial charge in [0.15, 0.2) is 0 Å². The second-order valence-corrected chi connectivity index (χ2v) is 9.95. The van der Waals surface area contributed by atoms with E-state index in [-0.39, 0.29) is 23.6 Å². The SMILES string of the molecule is CC(=O)N1C[C@H](NC(=O)c2ccc(N3CCCCC3=O)cc2)[C@H](NC(=O)c2ccc(Cl)s2)C1. The number of hydrogen-bond acceptors (Lipinski definition) is 5. The molecule has 4 rings (SSSR count). The van der Waals surface area contributed by atoms with Gasteiger partial charge in [-0.25, -0.2) is 0 Å². The molecule has 2 saturated heterocycles. The number of nitrogens with zero attached hydrogens (tertiary/aromatic N) is 2. The lowest BCUT2D eigenvalue weighted by atomic mass is 10.1. The van der Waals surface area contributed by atoms with Crippen LogP contribution in [0.25, 0.3) is 0 Å². The van der Waals surface area contributed by atoms with E-state index in [4.69, 9.17) is 11.6 Å². The molecule has 2 aromatic rings. The number of piperidine rings is 1. The van der Waals surface area contributed by atoms with E-state index < -0.39 is 12.1 Å². The van der Waals surface area contributed by atoms with Crippen molar-refractivity contribution in [3.8, 4) is 0 Å². The molecule has 0 spiro atoms. The minimum Gasteiger partial charge on any atom is -0.345 e. The molecule has 0 bridgehead atoms. The number of benzene rings is 1. The molecule has 0 radical (unpaired) electrons. The van der Waals surface area contributed by atoms with Gasteiger partial charge in [0.25, 0.3) is 11.8 Å². The van der Waals surface area contributed by atoms with Crippen molar-refractivity contribution in [3.63, 3.8) is 0 Å². The van der Waals surface area contributed by atoms with E-state index in [0.717, 1.165) is 18.5 Å². The first kappa shape index (κ1) is 23.3. The van der Waals surface area contributed by atoms with E-state index in [9.17, 15) is 19.2 Å². The molecular weight excluding hydrogens is 464 g/mol. The summed E-state index contributed by atoms with van der Waals surface area (Å²) in [4.78, 5) is 53.4. The Balaban J connectivity index is 1.43. The Bertz CT molecular complexity index is 1070. The van der Waals surface area contributed by atoms with Crippen molar-refractivity contribution in [1.29, 1.82) is 0 Å². The fourth-order valence-electron chi connectivity index (χ4n) is 4.15. The van der Waals surface area contributed by atoms with E-state index in [1.54, 1.807) is 46.2 Å². The van der Waals surface area contributed by atoms with Crippen LogP contribution >= 0.6 is 22.9 Å². The third kappa shape index (κ3) is 5.36. The normalized spacial score (nSPS) is 20.6. The Morgan fingerprint density at radius 3 is 2.21 bits per heavy atom. The Morgan fingerprint density at radius 1 is 0.970 bits per heavy atom. The van der Waals surface area contributed by atoms with E-state index in [0.29, 0.717) is 40.8 Å². The number of amides is 4. The van der Waals surface area contributed by atoms with Crippen molar-refractivity contribution >= 4 is 52.3 Å². The molecule has 33 heavy (non-hydrogen) atoms. The number of rotatable bonds is 5. The lowest BCUT2D eigenvalue weighted by Gasteiger charge is -2.27. The first-order valence-electron chi connectivity index (χ1n) is 10.8. The summed E-state index contributed by atoms with van der Waals surface area (Å²) in [6.45, 7) is 2.76. The molecular formula is C23H25ClN4O4S. The number of carbonyl (C=O) groups is 4. The number of hydrogen-bond donors (Lipinski definition) is 2. The zero-order valence-electron chi connectivity index (χ0n) is 18.2. The van der Waals surface area contributed by atoms with Crippen LogP contribution in [0.15, 0.2) is 36.4 Å². The van der Waals surface area contributed by atoms with Gasteiger partial charge in [-0.2, -0.15) is 0 Å². The molecule has 2 fully saturated rings. The minimum atomic E-state index is -0.441. The highest BCUT2D eigenvalue weighted by atomic mass is 35.5. The van der Waals surface area contributed by atoms with Crippen molar-refractivity contribution in [2.75, 3.05) is 24.5 Å². The maximum Gasteiger partial charge on any atom is 0.261 e. The highest BCUT2D eigenvalue weighted by Gasteiger charge is 2.36. The number of anilines is 1. The average Bonchev–Trinajstić information content (AvgIpc) is 3.41. The smallest absolute Gasteiger partial charge is 0.261 e. The van der Waals surface area contributed by atoms with Gasteiger partial charge in [0.2, 0.25) is 11.8 Å². The summed E-state index contributed by atoms with van der Waals surface area (Å²) in [5.74, 6) is -0.627. The molecule has 3 heterocycles. The fraction of sp³-hybridized carbons (Fsp3) is 0.391. The monoisotopic (exact) mass is 488 g/mol. The van der Waals surface area contributed by atoms with Crippen molar-refractivity contribution in [2.45, 2.75) is 38.3 Å². The van der Waals surface area contributed by atoms with Crippen LogP contribution in [0, 0.1) is 0 Å². The van der Waals surface area contributed by atoms with Gasteiger partial charge < -0.3 is 20.4 Å². The van der Waals surface area contributed by atoms with Crippen LogP contribution in [0.4, 0.5) is 5.69 Å². The third-order valence-corrected chi connectivity index (χ3v) is 7.19. The standard InChI is InChI=1S/C23H25ClN4O4S/c1-14(29)27-12-17(18(13-27)26-23(32)19-9-10-20(24)33-19)25-22(31)15-5-7-16(8-6-15)28-11-3-2-4-21(28)30/h5-10,17-18H,2-4,11-13H2,1H3,(H,25,31)(H,26,32)/t17-,18+/m0/s1. The van der Waals surface area contributed by atoms with E-state index in [1.165, 1.54) is 18.3 Å². The Hall–Kier alpha value is -2.91. The Labute approximate surface area is 200 Å². The molecule has 2 aliphatic rings. The highest BCUT2D eigenvalue weighted by molar-refractivity contribution is 7.18. The largest absolute Gasteiger partial charge is 0.345 e. The molecule has 2 atom stereocenters. The molecule has 0 saturated carbocycles. The summed E-state index contributed by atoms with van der Waals surface area (Å²) >= 11 is 7.10. The average molecular weight is 489 g/mol. The Kier molecular flexibility index (Phi) is 6.99. The van der Waals surface area contributed by atoms with E-state index in [2.05, 4.69) is 10.6 Å². The van der Waals surface area contributed by atoms with Crippen LogP contribution in [-0.2, 0) is 9.59 Å². The number of nitrogens with one attached hydrogen (secondary N) is 2. The highest BCUT2D eigenvalue weighted by Crippen LogP contribution is 2.23. The summed E-state index contributed by atoms with van der Waals surface area (Å²) in [6.07, 6.45) is 2.42. The zero-order valence-corrected chi connectivity index (χ0v) is 19.7. The second-order valence-electron chi connectivity index (χ2n) is 8.24. The van der Waals surface area contributed by atoms with Crippen LogP contribution in [0.5, 0.6) is 0 Å². The minimum absolute atomic E-state index is 0.0966. The number of carbonyl (C=O) groups excluding carboxylic acids is 4. The van der Waals surface area contributed by atoms with Gasteiger partial charge in [0.05, 0.1) is 21.3 Å². The quantitative estimate of drug-likeness (QED) is 0.676. The fourth-order valence-corrected chi connectivity index (χ4v) is 5.10. The summed E-state index contributed by atoms with van der Waals surface area (Å²) in [7, 11) is 0. The molecule has 2 aliphatic heterocycles. The van der Waals surface area contributed by atoms with Crippen LogP contribution in [0.2, 0.25) is 4.34 Å². The number of thiophene rings is 1. The molecule has 1 aromatic carbocycles. The summed E-state index contributed by atoms with van der Waals surface area (Å²) < 4.78 is 0.511. The molecule has 0 aliphatic carbocycles. The maximum atomic E-state index is 12.9. The maximum absolute atomic E-state index is 12.9. The van der Waals surface area contributed by atoms with Gasteiger partial charge in [-0.05, 0) is 49.2 Å². The molecule has 1 aromatic heterocycles. The van der Waals surface area contributed by atoms with Crippen LogP contribution < -0.4 is 15.5 Å². The predicted molar refractivity (Wildman–Crippen MR) is 127 cm³/mol. The molecule has 4 amide bonds. The van der Waals surface area contributed by atoms with Gasteiger partial charge >= 0.3 is 0 Å². The zero-order chi connectivity index (χ0) is 23.5. The summed E-state index contributed by atoms with van der Waals surface area (Å²) in [5, 5.41) is 5.87.